The molecule has 0 fully saturated rings. The minimum atomic E-state index is 0.637. The lowest BCUT2D eigenvalue weighted by Crippen LogP contribution is -1.88. The van der Waals surface area contributed by atoms with Gasteiger partial charge < -0.3 is 4.74 Å². The van der Waals surface area contributed by atoms with Crippen LogP contribution in [0.4, 0.5) is 0 Å². The maximum atomic E-state index is 6.05. The van der Waals surface area contributed by atoms with Crippen LogP contribution in [0.2, 0.25) is 5.02 Å². The predicted octanol–water partition coefficient (Wildman–Crippen LogP) is 3.46. The van der Waals surface area contributed by atoms with Gasteiger partial charge in [-0.3, -0.25) is 4.98 Å². The number of fused-ring (bicyclic) bond motifs is 1. The average molecular weight is 222 g/mol. The average Bonchev–Trinajstić information content (AvgIpc) is 2.27. The van der Waals surface area contributed by atoms with Crippen molar-refractivity contribution in [1.82, 2.24) is 4.98 Å². The summed E-state index contributed by atoms with van der Waals surface area (Å²) in [6.07, 6.45) is 2.78. The fourth-order valence-electron chi connectivity index (χ4n) is 1.54. The van der Waals surface area contributed by atoms with Crippen molar-refractivity contribution in [2.75, 3.05) is 7.11 Å². The Kier molecular flexibility index (Phi) is 2.78. The zero-order valence-corrected chi connectivity index (χ0v) is 9.51. The highest BCUT2D eigenvalue weighted by molar-refractivity contribution is 6.32. The standard InChI is InChI=1S/C12H12ClNO/c1-3-10-4-8-5-11(13)12(15-2)6-9(8)7-14-10/h4-7H,3H2,1-2H3. The van der Waals surface area contributed by atoms with Crippen LogP contribution >= 0.6 is 11.6 Å². The summed E-state index contributed by atoms with van der Waals surface area (Å²) in [5.41, 5.74) is 1.07. The Morgan fingerprint density at radius 3 is 2.73 bits per heavy atom. The van der Waals surface area contributed by atoms with Crippen molar-refractivity contribution < 1.29 is 4.74 Å². The van der Waals surface area contributed by atoms with Gasteiger partial charge in [-0.05, 0) is 30.0 Å². The molecular weight excluding hydrogens is 210 g/mol. The highest BCUT2D eigenvalue weighted by Gasteiger charge is 2.04. The molecule has 2 aromatic rings. The molecule has 78 valence electrons. The zero-order chi connectivity index (χ0) is 10.8. The summed E-state index contributed by atoms with van der Waals surface area (Å²) in [4.78, 5) is 4.33. The maximum absolute atomic E-state index is 6.05. The fraction of sp³-hybridized carbons (Fsp3) is 0.250. The van der Waals surface area contributed by atoms with E-state index >= 15 is 0 Å². The Morgan fingerprint density at radius 1 is 1.27 bits per heavy atom. The lowest BCUT2D eigenvalue weighted by atomic mass is 10.1. The van der Waals surface area contributed by atoms with Crippen LogP contribution in [0, 0.1) is 0 Å². The van der Waals surface area contributed by atoms with Crippen LogP contribution in [-0.4, -0.2) is 12.1 Å². The van der Waals surface area contributed by atoms with E-state index in [2.05, 4.69) is 18.0 Å². The van der Waals surface area contributed by atoms with E-state index in [0.29, 0.717) is 10.8 Å². The quantitative estimate of drug-likeness (QED) is 0.775. The second kappa shape index (κ2) is 4.07. The molecule has 0 aliphatic rings. The molecule has 1 heterocycles. The predicted molar refractivity (Wildman–Crippen MR) is 62.7 cm³/mol. The molecule has 0 unspecified atom stereocenters. The van der Waals surface area contributed by atoms with Gasteiger partial charge in [0.25, 0.3) is 0 Å². The Labute approximate surface area is 93.8 Å². The van der Waals surface area contributed by atoms with Gasteiger partial charge in [0, 0.05) is 17.3 Å². The van der Waals surface area contributed by atoms with Gasteiger partial charge in [0.2, 0.25) is 0 Å². The summed E-state index contributed by atoms with van der Waals surface area (Å²) in [5, 5.41) is 2.79. The first-order chi connectivity index (χ1) is 7.24. The van der Waals surface area contributed by atoms with Crippen molar-refractivity contribution in [3.63, 3.8) is 0 Å². The van der Waals surface area contributed by atoms with E-state index in [-0.39, 0.29) is 0 Å². The molecule has 3 heteroatoms. The number of benzene rings is 1. The number of nitrogens with zero attached hydrogens (tertiary/aromatic N) is 1. The minimum absolute atomic E-state index is 0.637. The Balaban J connectivity index is 2.65. The van der Waals surface area contributed by atoms with Gasteiger partial charge >= 0.3 is 0 Å². The van der Waals surface area contributed by atoms with E-state index in [1.54, 1.807) is 7.11 Å². The van der Waals surface area contributed by atoms with Crippen LogP contribution in [0.25, 0.3) is 10.8 Å². The summed E-state index contributed by atoms with van der Waals surface area (Å²) in [6.45, 7) is 2.08. The van der Waals surface area contributed by atoms with Crippen molar-refractivity contribution in [3.8, 4) is 5.75 Å². The first-order valence-corrected chi connectivity index (χ1v) is 5.24. The van der Waals surface area contributed by atoms with Crippen molar-refractivity contribution in [2.45, 2.75) is 13.3 Å². The Hall–Kier alpha value is -1.28. The van der Waals surface area contributed by atoms with E-state index < -0.39 is 0 Å². The minimum Gasteiger partial charge on any atom is -0.495 e. The number of halogens is 1. The van der Waals surface area contributed by atoms with E-state index in [1.807, 2.05) is 18.3 Å². The Bertz CT molecular complexity index is 496. The van der Waals surface area contributed by atoms with Gasteiger partial charge in [-0.15, -0.1) is 0 Å². The largest absolute Gasteiger partial charge is 0.495 e. The molecule has 0 saturated heterocycles. The molecule has 0 radical (unpaired) electrons. The van der Waals surface area contributed by atoms with Gasteiger partial charge in [0.15, 0.2) is 0 Å². The third kappa shape index (κ3) is 1.90. The zero-order valence-electron chi connectivity index (χ0n) is 8.75. The molecule has 0 N–H and O–H groups in total. The van der Waals surface area contributed by atoms with Gasteiger partial charge in [-0.1, -0.05) is 18.5 Å². The summed E-state index contributed by atoms with van der Waals surface area (Å²) in [7, 11) is 1.61. The maximum Gasteiger partial charge on any atom is 0.138 e. The number of rotatable bonds is 2. The molecule has 15 heavy (non-hydrogen) atoms. The number of ether oxygens (including phenoxy) is 1. The second-order valence-corrected chi connectivity index (χ2v) is 3.77. The van der Waals surface area contributed by atoms with Crippen molar-refractivity contribution >= 4 is 22.4 Å². The van der Waals surface area contributed by atoms with Crippen LogP contribution in [0.1, 0.15) is 12.6 Å². The monoisotopic (exact) mass is 221 g/mol. The van der Waals surface area contributed by atoms with Crippen LogP contribution in [0.3, 0.4) is 0 Å². The molecule has 0 spiro atoms. The van der Waals surface area contributed by atoms with E-state index in [1.165, 1.54) is 0 Å². The van der Waals surface area contributed by atoms with Crippen LogP contribution < -0.4 is 4.74 Å². The summed E-state index contributed by atoms with van der Waals surface area (Å²) < 4.78 is 5.15. The lowest BCUT2D eigenvalue weighted by molar-refractivity contribution is 0.415. The van der Waals surface area contributed by atoms with Crippen molar-refractivity contribution in [2.24, 2.45) is 0 Å². The van der Waals surface area contributed by atoms with Gasteiger partial charge in [0.05, 0.1) is 12.1 Å². The molecule has 0 saturated carbocycles. The van der Waals surface area contributed by atoms with E-state index in [0.717, 1.165) is 22.9 Å². The molecule has 0 aliphatic heterocycles. The lowest BCUT2D eigenvalue weighted by Gasteiger charge is -2.06. The summed E-state index contributed by atoms with van der Waals surface area (Å²) >= 11 is 6.05. The van der Waals surface area contributed by atoms with Crippen molar-refractivity contribution in [1.29, 1.82) is 0 Å². The summed E-state index contributed by atoms with van der Waals surface area (Å²) in [6, 6.07) is 5.88. The van der Waals surface area contributed by atoms with E-state index in [4.69, 9.17) is 16.3 Å². The van der Waals surface area contributed by atoms with E-state index in [9.17, 15) is 0 Å². The molecule has 1 aromatic heterocycles. The highest BCUT2D eigenvalue weighted by Crippen LogP contribution is 2.29. The first-order valence-electron chi connectivity index (χ1n) is 4.86. The topological polar surface area (TPSA) is 22.1 Å². The normalized spacial score (nSPS) is 10.6. The van der Waals surface area contributed by atoms with Crippen LogP contribution in [-0.2, 0) is 6.42 Å². The molecule has 0 amide bonds. The molecule has 2 rings (SSSR count). The van der Waals surface area contributed by atoms with Crippen LogP contribution in [0.15, 0.2) is 24.4 Å². The fourth-order valence-corrected chi connectivity index (χ4v) is 1.79. The first kappa shape index (κ1) is 10.2. The van der Waals surface area contributed by atoms with Crippen LogP contribution in [0.5, 0.6) is 5.75 Å². The van der Waals surface area contributed by atoms with Gasteiger partial charge in [-0.25, -0.2) is 0 Å². The molecule has 0 aliphatic carbocycles. The molecule has 1 aromatic carbocycles. The number of methoxy groups -OCH3 is 1. The van der Waals surface area contributed by atoms with Gasteiger partial charge in [-0.2, -0.15) is 0 Å². The number of pyridine rings is 1. The van der Waals surface area contributed by atoms with Crippen molar-refractivity contribution in [3.05, 3.63) is 35.1 Å². The smallest absolute Gasteiger partial charge is 0.138 e. The number of aromatic nitrogens is 1. The molecule has 0 atom stereocenters. The molecule has 2 nitrogen and oxygen atoms in total. The SMILES string of the molecule is CCc1cc2cc(Cl)c(OC)cc2cn1. The molecule has 0 bridgehead atoms. The number of hydrogen-bond donors (Lipinski definition) is 0. The second-order valence-electron chi connectivity index (χ2n) is 3.36. The molecular formula is C12H12ClNO. The van der Waals surface area contributed by atoms with Gasteiger partial charge in [0.1, 0.15) is 5.75 Å². The summed E-state index contributed by atoms with van der Waals surface area (Å²) in [5.74, 6) is 0.690. The Morgan fingerprint density at radius 2 is 2.07 bits per heavy atom. The number of aryl methyl sites for hydroxylation is 1. The third-order valence-electron chi connectivity index (χ3n) is 2.41. The third-order valence-corrected chi connectivity index (χ3v) is 2.71. The number of hydrogen-bond acceptors (Lipinski definition) is 2. The highest BCUT2D eigenvalue weighted by atomic mass is 35.5.